The molecule has 4 nitrogen and oxygen atoms in total. The summed E-state index contributed by atoms with van der Waals surface area (Å²) in [5.41, 5.74) is 1.66. The van der Waals surface area contributed by atoms with E-state index in [1.165, 1.54) is 0 Å². The fraction of sp³-hybridized carbons (Fsp3) is 0.500. The van der Waals surface area contributed by atoms with Crippen LogP contribution in [-0.2, 0) is 9.53 Å². The smallest absolute Gasteiger partial charge is 0.157 e. The van der Waals surface area contributed by atoms with Gasteiger partial charge in [0.1, 0.15) is 11.7 Å². The lowest BCUT2D eigenvalue weighted by Crippen LogP contribution is -2.19. The lowest BCUT2D eigenvalue weighted by Gasteiger charge is -2.15. The molecule has 1 aromatic carbocycles. The predicted octanol–water partition coefficient (Wildman–Crippen LogP) is 2.75. The Labute approximate surface area is 119 Å². The maximum absolute atomic E-state index is 12.4. The van der Waals surface area contributed by atoms with Gasteiger partial charge in [0.15, 0.2) is 5.78 Å². The van der Waals surface area contributed by atoms with Crippen LogP contribution in [0.15, 0.2) is 18.2 Å². The summed E-state index contributed by atoms with van der Waals surface area (Å²) >= 11 is 0. The van der Waals surface area contributed by atoms with Crippen LogP contribution in [-0.4, -0.2) is 25.6 Å². The number of aryl methyl sites for hydroxylation is 1. The Hall–Kier alpha value is -1.86. The monoisotopic (exact) mass is 273 g/mol. The minimum Gasteiger partial charge on any atom is -0.496 e. The van der Waals surface area contributed by atoms with Crippen LogP contribution in [0.25, 0.3) is 0 Å². The second kappa shape index (κ2) is 6.53. The summed E-state index contributed by atoms with van der Waals surface area (Å²) in [4.78, 5) is 12.4. The number of hydrogen-bond acceptors (Lipinski definition) is 4. The van der Waals surface area contributed by atoms with E-state index < -0.39 is 5.92 Å². The van der Waals surface area contributed by atoms with Gasteiger partial charge in [-0.2, -0.15) is 5.26 Å². The van der Waals surface area contributed by atoms with Crippen LogP contribution in [0.5, 0.6) is 5.75 Å². The molecule has 0 aromatic heterocycles. The quantitative estimate of drug-likeness (QED) is 0.827. The van der Waals surface area contributed by atoms with Crippen LogP contribution in [0.4, 0.5) is 0 Å². The molecular weight excluding hydrogens is 254 g/mol. The van der Waals surface area contributed by atoms with Crippen LogP contribution in [0, 0.1) is 18.3 Å². The van der Waals surface area contributed by atoms with E-state index in [1.54, 1.807) is 13.2 Å². The van der Waals surface area contributed by atoms with E-state index in [9.17, 15) is 10.1 Å². The number of benzene rings is 1. The zero-order valence-electron chi connectivity index (χ0n) is 11.9. The largest absolute Gasteiger partial charge is 0.496 e. The third-order valence-corrected chi connectivity index (χ3v) is 3.60. The maximum atomic E-state index is 12.4. The number of hydrogen-bond donors (Lipinski definition) is 0. The summed E-state index contributed by atoms with van der Waals surface area (Å²) in [6.07, 6.45) is 2.15. The first-order chi connectivity index (χ1) is 9.65. The topological polar surface area (TPSA) is 59.3 Å². The molecule has 0 spiro atoms. The summed E-state index contributed by atoms with van der Waals surface area (Å²) in [6.45, 7) is 2.64. The Morgan fingerprint density at radius 1 is 1.60 bits per heavy atom. The normalized spacial score (nSPS) is 19.4. The molecule has 1 heterocycles. The van der Waals surface area contributed by atoms with Gasteiger partial charge in [0.2, 0.25) is 0 Å². The van der Waals surface area contributed by atoms with E-state index >= 15 is 0 Å². The lowest BCUT2D eigenvalue weighted by atomic mass is 9.90. The predicted molar refractivity (Wildman–Crippen MR) is 74.7 cm³/mol. The van der Waals surface area contributed by atoms with E-state index in [4.69, 9.17) is 9.47 Å². The van der Waals surface area contributed by atoms with Gasteiger partial charge in [0.05, 0.1) is 19.3 Å². The van der Waals surface area contributed by atoms with Crippen LogP contribution < -0.4 is 4.74 Å². The summed E-state index contributed by atoms with van der Waals surface area (Å²) in [6, 6.07) is 7.66. The van der Waals surface area contributed by atoms with Gasteiger partial charge in [-0.05, 0) is 25.8 Å². The first-order valence-electron chi connectivity index (χ1n) is 6.84. The molecule has 1 saturated heterocycles. The lowest BCUT2D eigenvalue weighted by molar-refractivity contribution is -0.121. The van der Waals surface area contributed by atoms with E-state index in [2.05, 4.69) is 6.07 Å². The average molecular weight is 273 g/mol. The molecule has 4 heteroatoms. The Morgan fingerprint density at radius 3 is 3.00 bits per heavy atom. The summed E-state index contributed by atoms with van der Waals surface area (Å²) in [5, 5.41) is 9.37. The van der Waals surface area contributed by atoms with Gasteiger partial charge in [-0.3, -0.25) is 4.79 Å². The van der Waals surface area contributed by atoms with Crippen molar-refractivity contribution in [3.8, 4) is 11.8 Å². The fourth-order valence-corrected chi connectivity index (χ4v) is 2.54. The maximum Gasteiger partial charge on any atom is 0.157 e. The highest BCUT2D eigenvalue weighted by atomic mass is 16.5. The summed E-state index contributed by atoms with van der Waals surface area (Å²) in [7, 11) is 1.55. The average Bonchev–Trinajstić information content (AvgIpc) is 2.93. The van der Waals surface area contributed by atoms with Crippen molar-refractivity contribution >= 4 is 5.78 Å². The van der Waals surface area contributed by atoms with Crippen molar-refractivity contribution in [3.63, 3.8) is 0 Å². The molecule has 20 heavy (non-hydrogen) atoms. The zero-order valence-corrected chi connectivity index (χ0v) is 11.9. The SMILES string of the molecule is COc1ccc(C)cc1C(C#N)C(=O)CC1CCCO1. The molecule has 1 aliphatic heterocycles. The second-order valence-corrected chi connectivity index (χ2v) is 5.11. The molecule has 2 atom stereocenters. The number of carbonyl (C=O) groups excluding carboxylic acids is 1. The standard InChI is InChI=1S/C16H19NO3/c1-11-5-6-16(19-2)13(8-11)14(10-17)15(18)9-12-4-3-7-20-12/h5-6,8,12,14H,3-4,7,9H2,1-2H3. The Balaban J connectivity index is 2.20. The van der Waals surface area contributed by atoms with Crippen LogP contribution >= 0.6 is 0 Å². The number of nitriles is 1. The second-order valence-electron chi connectivity index (χ2n) is 5.11. The number of methoxy groups -OCH3 is 1. The molecule has 1 aliphatic rings. The van der Waals surface area contributed by atoms with E-state index in [0.29, 0.717) is 24.3 Å². The molecule has 106 valence electrons. The van der Waals surface area contributed by atoms with Gasteiger partial charge in [-0.1, -0.05) is 17.7 Å². The van der Waals surface area contributed by atoms with Crippen molar-refractivity contribution < 1.29 is 14.3 Å². The van der Waals surface area contributed by atoms with Crippen molar-refractivity contribution in [3.05, 3.63) is 29.3 Å². The minimum absolute atomic E-state index is 0.0332. The minimum atomic E-state index is -0.783. The number of nitrogens with zero attached hydrogens (tertiary/aromatic N) is 1. The Bertz CT molecular complexity index is 527. The van der Waals surface area contributed by atoms with Crippen molar-refractivity contribution in [1.29, 1.82) is 5.26 Å². The van der Waals surface area contributed by atoms with E-state index in [1.807, 2.05) is 19.1 Å². The number of rotatable bonds is 5. The van der Waals surface area contributed by atoms with Gasteiger partial charge < -0.3 is 9.47 Å². The summed E-state index contributed by atoms with van der Waals surface area (Å²) < 4.78 is 10.7. The molecule has 0 radical (unpaired) electrons. The molecule has 0 saturated carbocycles. The number of ether oxygens (including phenoxy) is 2. The van der Waals surface area contributed by atoms with E-state index in [0.717, 1.165) is 18.4 Å². The van der Waals surface area contributed by atoms with Crippen LogP contribution in [0.2, 0.25) is 0 Å². The first kappa shape index (κ1) is 14.5. The Kier molecular flexibility index (Phi) is 4.75. The number of carbonyl (C=O) groups is 1. The zero-order chi connectivity index (χ0) is 14.5. The molecule has 2 rings (SSSR count). The third-order valence-electron chi connectivity index (χ3n) is 3.60. The van der Waals surface area contributed by atoms with Gasteiger partial charge in [-0.15, -0.1) is 0 Å². The summed E-state index contributed by atoms with van der Waals surface area (Å²) in [5.74, 6) is -0.291. The van der Waals surface area contributed by atoms with E-state index in [-0.39, 0.29) is 11.9 Å². The van der Waals surface area contributed by atoms with Crippen LogP contribution in [0.1, 0.15) is 36.3 Å². The number of Topliss-reactive ketones (excluding diaryl/α,β-unsaturated/α-hetero) is 1. The van der Waals surface area contributed by atoms with Crippen LogP contribution in [0.3, 0.4) is 0 Å². The molecule has 1 aromatic rings. The van der Waals surface area contributed by atoms with Crippen molar-refractivity contribution in [2.45, 2.75) is 38.2 Å². The fourth-order valence-electron chi connectivity index (χ4n) is 2.54. The van der Waals surface area contributed by atoms with Gasteiger partial charge in [0, 0.05) is 18.6 Å². The molecular formula is C16H19NO3. The Morgan fingerprint density at radius 2 is 2.40 bits per heavy atom. The molecule has 0 aliphatic carbocycles. The highest BCUT2D eigenvalue weighted by Gasteiger charge is 2.28. The third kappa shape index (κ3) is 3.17. The highest BCUT2D eigenvalue weighted by molar-refractivity contribution is 5.89. The first-order valence-corrected chi connectivity index (χ1v) is 6.84. The molecule has 2 unspecified atom stereocenters. The van der Waals surface area contributed by atoms with Gasteiger partial charge in [0.25, 0.3) is 0 Å². The van der Waals surface area contributed by atoms with Gasteiger partial charge in [-0.25, -0.2) is 0 Å². The highest BCUT2D eigenvalue weighted by Crippen LogP contribution is 2.30. The molecule has 1 fully saturated rings. The van der Waals surface area contributed by atoms with Crippen molar-refractivity contribution in [2.75, 3.05) is 13.7 Å². The molecule has 0 amide bonds. The van der Waals surface area contributed by atoms with Crippen molar-refractivity contribution in [1.82, 2.24) is 0 Å². The van der Waals surface area contributed by atoms with Crippen molar-refractivity contribution in [2.24, 2.45) is 0 Å². The molecule has 0 bridgehead atoms. The number of ketones is 1. The molecule has 0 N–H and O–H groups in total. The van der Waals surface area contributed by atoms with Gasteiger partial charge >= 0.3 is 0 Å².